The Morgan fingerprint density at radius 3 is 2.71 bits per heavy atom. The van der Waals surface area contributed by atoms with Gasteiger partial charge in [-0.25, -0.2) is 4.98 Å². The molecule has 2 rings (SSSR count). The first-order valence-corrected chi connectivity index (χ1v) is 5.58. The van der Waals surface area contributed by atoms with Gasteiger partial charge in [-0.2, -0.15) is 0 Å². The van der Waals surface area contributed by atoms with E-state index in [0.717, 1.165) is 25.6 Å². The van der Waals surface area contributed by atoms with Gasteiger partial charge in [0.1, 0.15) is 10.4 Å². The zero-order chi connectivity index (χ0) is 10.1. The van der Waals surface area contributed by atoms with Crippen LogP contribution in [0.4, 0.5) is 0 Å². The van der Waals surface area contributed by atoms with Crippen molar-refractivity contribution in [2.45, 2.75) is 0 Å². The van der Waals surface area contributed by atoms with Gasteiger partial charge in [-0.15, -0.1) is 0 Å². The lowest BCUT2D eigenvalue weighted by Crippen LogP contribution is -1.85. The fourth-order valence-corrected chi connectivity index (χ4v) is 2.16. The van der Waals surface area contributed by atoms with Crippen LogP contribution >= 0.6 is 31.9 Å². The van der Waals surface area contributed by atoms with E-state index in [2.05, 4.69) is 36.8 Å². The van der Waals surface area contributed by atoms with E-state index in [-0.39, 0.29) is 0 Å². The van der Waals surface area contributed by atoms with Crippen molar-refractivity contribution in [3.63, 3.8) is 0 Å². The minimum atomic E-state index is 0.844. The molecule has 0 bridgehead atoms. The monoisotopic (exact) mass is 315 g/mol. The summed E-state index contributed by atoms with van der Waals surface area (Å²) in [6.07, 6.45) is 1.77. The van der Waals surface area contributed by atoms with Crippen molar-refractivity contribution in [1.82, 2.24) is 4.98 Å². The molecule has 0 amide bonds. The van der Waals surface area contributed by atoms with E-state index in [1.807, 2.05) is 18.2 Å². The largest absolute Gasteiger partial charge is 0.497 e. The molecule has 0 aliphatic heterocycles. The van der Waals surface area contributed by atoms with E-state index in [0.29, 0.717) is 0 Å². The van der Waals surface area contributed by atoms with E-state index >= 15 is 0 Å². The fourth-order valence-electron chi connectivity index (χ4n) is 1.28. The number of rotatable bonds is 1. The maximum atomic E-state index is 5.16. The molecule has 0 unspecified atom stereocenters. The zero-order valence-corrected chi connectivity index (χ0v) is 10.6. The van der Waals surface area contributed by atoms with E-state index in [9.17, 15) is 0 Å². The van der Waals surface area contributed by atoms with Crippen molar-refractivity contribution < 1.29 is 4.74 Å². The lowest BCUT2D eigenvalue weighted by molar-refractivity contribution is 0.415. The molecule has 0 aliphatic carbocycles. The summed E-state index contributed by atoms with van der Waals surface area (Å²) in [7, 11) is 1.66. The third-order valence-corrected chi connectivity index (χ3v) is 3.26. The van der Waals surface area contributed by atoms with Gasteiger partial charge in [0, 0.05) is 21.4 Å². The molecule has 1 aromatic heterocycles. The highest BCUT2D eigenvalue weighted by atomic mass is 79.9. The predicted octanol–water partition coefficient (Wildman–Crippen LogP) is 3.77. The number of nitrogens with zero attached hydrogens (tertiary/aromatic N) is 1. The minimum absolute atomic E-state index is 0.844. The Morgan fingerprint density at radius 1 is 1.21 bits per heavy atom. The molecule has 0 saturated heterocycles. The number of hydrogen-bond donors (Lipinski definition) is 0. The molecule has 72 valence electrons. The van der Waals surface area contributed by atoms with Crippen molar-refractivity contribution in [3.8, 4) is 5.75 Å². The minimum Gasteiger partial charge on any atom is -0.497 e. The highest BCUT2D eigenvalue weighted by Gasteiger charge is 2.04. The summed E-state index contributed by atoms with van der Waals surface area (Å²) in [5, 5.41) is 2.16. The van der Waals surface area contributed by atoms with Crippen LogP contribution in [0.25, 0.3) is 10.8 Å². The summed E-state index contributed by atoms with van der Waals surface area (Å²) < 4.78 is 6.97. The van der Waals surface area contributed by atoms with Crippen LogP contribution < -0.4 is 4.74 Å². The lowest BCUT2D eigenvalue weighted by Gasteiger charge is -2.05. The van der Waals surface area contributed by atoms with Gasteiger partial charge < -0.3 is 4.74 Å². The molecule has 0 radical (unpaired) electrons. The molecular formula is C10H7Br2NO. The Balaban J connectivity index is 2.80. The number of halogens is 2. The van der Waals surface area contributed by atoms with Gasteiger partial charge in [0.15, 0.2) is 0 Å². The van der Waals surface area contributed by atoms with Crippen LogP contribution in [0.2, 0.25) is 0 Å². The van der Waals surface area contributed by atoms with Crippen LogP contribution in [0, 0.1) is 0 Å². The SMILES string of the molecule is COc1ccc2c(Br)ncc(Br)c2c1. The Morgan fingerprint density at radius 2 is 2.00 bits per heavy atom. The van der Waals surface area contributed by atoms with Crippen LogP contribution in [0.1, 0.15) is 0 Å². The summed E-state index contributed by atoms with van der Waals surface area (Å²) in [5.41, 5.74) is 0. The van der Waals surface area contributed by atoms with Gasteiger partial charge >= 0.3 is 0 Å². The van der Waals surface area contributed by atoms with Gasteiger partial charge in [0.2, 0.25) is 0 Å². The predicted molar refractivity (Wildman–Crippen MR) is 63.7 cm³/mol. The van der Waals surface area contributed by atoms with Gasteiger partial charge in [-0.1, -0.05) is 0 Å². The van der Waals surface area contributed by atoms with Crippen molar-refractivity contribution in [2.24, 2.45) is 0 Å². The average molecular weight is 317 g/mol. The molecule has 4 heteroatoms. The molecule has 0 spiro atoms. The molecule has 0 saturated carbocycles. The van der Waals surface area contributed by atoms with Crippen molar-refractivity contribution in [3.05, 3.63) is 33.5 Å². The van der Waals surface area contributed by atoms with E-state index in [1.54, 1.807) is 13.3 Å². The third kappa shape index (κ3) is 1.64. The van der Waals surface area contributed by atoms with E-state index in [4.69, 9.17) is 4.74 Å². The number of benzene rings is 1. The summed E-state index contributed by atoms with van der Waals surface area (Å²) >= 11 is 6.86. The number of ether oxygens (including phenoxy) is 1. The van der Waals surface area contributed by atoms with Crippen LogP contribution in [0.15, 0.2) is 33.5 Å². The second-order valence-electron chi connectivity index (χ2n) is 2.81. The van der Waals surface area contributed by atoms with Crippen LogP contribution in [-0.4, -0.2) is 12.1 Å². The maximum absolute atomic E-state index is 5.16. The first kappa shape index (κ1) is 9.93. The van der Waals surface area contributed by atoms with Crippen molar-refractivity contribution in [1.29, 1.82) is 0 Å². The van der Waals surface area contributed by atoms with Crippen molar-refractivity contribution in [2.75, 3.05) is 7.11 Å². The topological polar surface area (TPSA) is 22.1 Å². The van der Waals surface area contributed by atoms with Crippen LogP contribution in [0.3, 0.4) is 0 Å². The van der Waals surface area contributed by atoms with E-state index in [1.165, 1.54) is 0 Å². The summed E-state index contributed by atoms with van der Waals surface area (Å²) in [5.74, 6) is 0.844. The molecule has 1 heterocycles. The normalized spacial score (nSPS) is 10.5. The fraction of sp³-hybridized carbons (Fsp3) is 0.100. The summed E-state index contributed by atoms with van der Waals surface area (Å²) in [6, 6.07) is 5.88. The molecule has 14 heavy (non-hydrogen) atoms. The third-order valence-electron chi connectivity index (χ3n) is 2.00. The van der Waals surface area contributed by atoms with Gasteiger partial charge in [-0.05, 0) is 50.1 Å². The zero-order valence-electron chi connectivity index (χ0n) is 7.42. The number of methoxy groups -OCH3 is 1. The second-order valence-corrected chi connectivity index (χ2v) is 4.41. The maximum Gasteiger partial charge on any atom is 0.119 e. The molecule has 2 aromatic rings. The molecule has 0 aliphatic rings. The second kappa shape index (κ2) is 3.87. The molecule has 1 aromatic carbocycles. The lowest BCUT2D eigenvalue weighted by atomic mass is 10.2. The van der Waals surface area contributed by atoms with Gasteiger partial charge in [0.05, 0.1) is 7.11 Å². The Hall–Kier alpha value is -0.610. The Bertz CT molecular complexity index is 485. The number of fused-ring (bicyclic) bond motifs is 1. The van der Waals surface area contributed by atoms with Gasteiger partial charge in [0.25, 0.3) is 0 Å². The summed E-state index contributed by atoms with van der Waals surface area (Å²) in [6.45, 7) is 0. The quantitative estimate of drug-likeness (QED) is 0.747. The first-order chi connectivity index (χ1) is 6.72. The molecule has 0 atom stereocenters. The van der Waals surface area contributed by atoms with Gasteiger partial charge in [-0.3, -0.25) is 0 Å². The van der Waals surface area contributed by atoms with Crippen molar-refractivity contribution >= 4 is 42.6 Å². The number of hydrogen-bond acceptors (Lipinski definition) is 2. The van der Waals surface area contributed by atoms with Crippen LogP contribution in [-0.2, 0) is 0 Å². The first-order valence-electron chi connectivity index (χ1n) is 4.00. The number of aromatic nitrogens is 1. The molecule has 0 N–H and O–H groups in total. The molecule has 0 fully saturated rings. The number of pyridine rings is 1. The van der Waals surface area contributed by atoms with Crippen LogP contribution in [0.5, 0.6) is 5.75 Å². The Kier molecular flexibility index (Phi) is 2.74. The standard InChI is InChI=1S/C10H7Br2NO/c1-14-6-2-3-7-8(4-6)9(11)5-13-10(7)12/h2-5H,1H3. The smallest absolute Gasteiger partial charge is 0.119 e. The highest BCUT2D eigenvalue weighted by molar-refractivity contribution is 9.11. The van der Waals surface area contributed by atoms with E-state index < -0.39 is 0 Å². The summed E-state index contributed by atoms with van der Waals surface area (Å²) in [4.78, 5) is 4.19. The molecular weight excluding hydrogens is 310 g/mol. The molecule has 2 nitrogen and oxygen atoms in total. The Labute approximate surface area is 98.5 Å². The average Bonchev–Trinajstić information content (AvgIpc) is 2.23. The highest BCUT2D eigenvalue weighted by Crippen LogP contribution is 2.30.